The van der Waals surface area contributed by atoms with Gasteiger partial charge >= 0.3 is 0 Å². The van der Waals surface area contributed by atoms with Crippen LogP contribution >= 0.6 is 0 Å². The summed E-state index contributed by atoms with van der Waals surface area (Å²) in [5.41, 5.74) is 3.44. The molecule has 2 aromatic rings. The van der Waals surface area contributed by atoms with Crippen molar-refractivity contribution >= 4 is 5.91 Å². The van der Waals surface area contributed by atoms with Crippen molar-refractivity contribution in [2.24, 2.45) is 0 Å². The standard InChI is InChI=1S/C22H28N2O4/c1-15(26)23-13-19-21(27)22(28)20(14-25)24(19)12-11-16-7-9-18(10-8-16)17-5-3-2-4-6-17/h2-10,19-22,25,27-28H,11-14H2,1H3,(H,23,26)/t19-,20-,21-,22-/m1/s1. The molecule has 1 fully saturated rings. The van der Waals surface area contributed by atoms with E-state index in [1.165, 1.54) is 6.92 Å². The van der Waals surface area contributed by atoms with Crippen molar-refractivity contribution < 1.29 is 20.1 Å². The summed E-state index contributed by atoms with van der Waals surface area (Å²) in [6.07, 6.45) is -1.34. The van der Waals surface area contributed by atoms with Gasteiger partial charge < -0.3 is 20.6 Å². The smallest absolute Gasteiger partial charge is 0.216 e. The number of carbonyl (C=O) groups excluding carboxylic acids is 1. The lowest BCUT2D eigenvalue weighted by atomic mass is 10.0. The Morgan fingerprint density at radius 1 is 0.964 bits per heavy atom. The van der Waals surface area contributed by atoms with E-state index in [0.29, 0.717) is 13.0 Å². The third-order valence-corrected chi connectivity index (χ3v) is 5.46. The lowest BCUT2D eigenvalue weighted by Crippen LogP contribution is -2.47. The van der Waals surface area contributed by atoms with Crippen LogP contribution in [0.2, 0.25) is 0 Å². The maximum absolute atomic E-state index is 11.3. The molecule has 3 rings (SSSR count). The van der Waals surface area contributed by atoms with Crippen molar-refractivity contribution in [1.29, 1.82) is 0 Å². The first-order chi connectivity index (χ1) is 13.5. The molecule has 28 heavy (non-hydrogen) atoms. The number of nitrogens with one attached hydrogen (secondary N) is 1. The molecule has 1 heterocycles. The second-order valence-electron chi connectivity index (χ2n) is 7.29. The summed E-state index contributed by atoms with van der Waals surface area (Å²) >= 11 is 0. The molecule has 1 aliphatic heterocycles. The predicted octanol–water partition coefficient (Wildman–Crippen LogP) is 0.799. The molecule has 0 radical (unpaired) electrons. The van der Waals surface area contributed by atoms with Crippen LogP contribution in [0.4, 0.5) is 0 Å². The molecule has 4 atom stereocenters. The van der Waals surface area contributed by atoms with Crippen molar-refractivity contribution in [3.05, 3.63) is 60.2 Å². The summed E-state index contributed by atoms with van der Waals surface area (Å²) in [4.78, 5) is 13.2. The van der Waals surface area contributed by atoms with Crippen molar-refractivity contribution in [3.8, 4) is 11.1 Å². The summed E-state index contributed by atoms with van der Waals surface area (Å²) < 4.78 is 0. The van der Waals surface area contributed by atoms with E-state index < -0.39 is 24.3 Å². The Balaban J connectivity index is 1.67. The van der Waals surface area contributed by atoms with Gasteiger partial charge in [-0.25, -0.2) is 0 Å². The lowest BCUT2D eigenvalue weighted by Gasteiger charge is -2.29. The summed E-state index contributed by atoms with van der Waals surface area (Å²) in [5.74, 6) is -0.189. The SMILES string of the molecule is CC(=O)NC[C@@H]1[C@@H](O)[C@H](O)[C@@H](CO)N1CCc1ccc(-c2ccccc2)cc1. The molecular formula is C22H28N2O4. The predicted molar refractivity (Wildman–Crippen MR) is 108 cm³/mol. The molecule has 1 aliphatic rings. The minimum absolute atomic E-state index is 0.189. The largest absolute Gasteiger partial charge is 0.395 e. The van der Waals surface area contributed by atoms with Crippen LogP contribution in [0.1, 0.15) is 12.5 Å². The Hall–Kier alpha value is -2.25. The van der Waals surface area contributed by atoms with Crippen LogP contribution in [0, 0.1) is 0 Å². The molecule has 0 unspecified atom stereocenters. The average Bonchev–Trinajstić information content (AvgIpc) is 2.95. The van der Waals surface area contributed by atoms with Gasteiger partial charge in [0.2, 0.25) is 5.91 Å². The minimum Gasteiger partial charge on any atom is -0.395 e. The van der Waals surface area contributed by atoms with Crippen molar-refractivity contribution in [3.63, 3.8) is 0 Å². The quantitative estimate of drug-likeness (QED) is 0.567. The number of hydrogen-bond donors (Lipinski definition) is 4. The lowest BCUT2D eigenvalue weighted by molar-refractivity contribution is -0.119. The zero-order valence-electron chi connectivity index (χ0n) is 16.0. The number of hydrogen-bond acceptors (Lipinski definition) is 5. The fraction of sp³-hybridized carbons (Fsp3) is 0.409. The van der Waals surface area contributed by atoms with Crippen molar-refractivity contribution in [2.45, 2.75) is 37.6 Å². The summed E-state index contributed by atoms with van der Waals surface area (Å²) in [6, 6.07) is 17.5. The minimum atomic E-state index is -1.04. The molecule has 150 valence electrons. The Bertz CT molecular complexity index is 766. The highest BCUT2D eigenvalue weighted by atomic mass is 16.3. The maximum atomic E-state index is 11.3. The van der Waals surface area contributed by atoms with Crippen LogP contribution in [-0.2, 0) is 11.2 Å². The van der Waals surface area contributed by atoms with E-state index in [0.717, 1.165) is 16.7 Å². The molecule has 4 N–H and O–H groups in total. The maximum Gasteiger partial charge on any atom is 0.216 e. The first kappa shape index (κ1) is 20.5. The van der Waals surface area contributed by atoms with Crippen LogP contribution in [0.25, 0.3) is 11.1 Å². The fourth-order valence-corrected chi connectivity index (χ4v) is 3.88. The number of nitrogens with zero attached hydrogens (tertiary/aromatic N) is 1. The van der Waals surface area contributed by atoms with Gasteiger partial charge in [-0.15, -0.1) is 0 Å². The van der Waals surface area contributed by atoms with Gasteiger partial charge in [-0.1, -0.05) is 54.6 Å². The van der Waals surface area contributed by atoms with E-state index in [1.807, 2.05) is 23.1 Å². The van der Waals surface area contributed by atoms with E-state index in [2.05, 4.69) is 41.7 Å². The molecule has 6 nitrogen and oxygen atoms in total. The second-order valence-corrected chi connectivity index (χ2v) is 7.29. The number of rotatable bonds is 7. The van der Waals surface area contributed by atoms with Gasteiger partial charge in [-0.2, -0.15) is 0 Å². The molecule has 0 spiro atoms. The van der Waals surface area contributed by atoms with E-state index >= 15 is 0 Å². The molecule has 1 amide bonds. The van der Waals surface area contributed by atoms with Crippen LogP contribution in [0.15, 0.2) is 54.6 Å². The van der Waals surface area contributed by atoms with Gasteiger partial charge in [0.05, 0.1) is 30.9 Å². The number of benzene rings is 2. The highest BCUT2D eigenvalue weighted by Crippen LogP contribution is 2.26. The normalized spacial score (nSPS) is 25.0. The summed E-state index contributed by atoms with van der Waals surface area (Å²) in [7, 11) is 0. The van der Waals surface area contributed by atoms with Gasteiger partial charge in [-0.3, -0.25) is 9.69 Å². The Morgan fingerprint density at radius 3 is 2.18 bits per heavy atom. The molecule has 0 bridgehead atoms. The van der Waals surface area contributed by atoms with Crippen molar-refractivity contribution in [2.75, 3.05) is 19.7 Å². The molecule has 1 saturated heterocycles. The molecular weight excluding hydrogens is 356 g/mol. The van der Waals surface area contributed by atoms with Crippen LogP contribution < -0.4 is 5.32 Å². The molecule has 2 aromatic carbocycles. The first-order valence-corrected chi connectivity index (χ1v) is 9.63. The van der Waals surface area contributed by atoms with Gasteiger partial charge in [0, 0.05) is 20.0 Å². The zero-order chi connectivity index (χ0) is 20.1. The second kappa shape index (κ2) is 9.30. The Labute approximate surface area is 165 Å². The Morgan fingerprint density at radius 2 is 1.57 bits per heavy atom. The third kappa shape index (κ3) is 4.59. The van der Waals surface area contributed by atoms with E-state index in [4.69, 9.17) is 0 Å². The fourth-order valence-electron chi connectivity index (χ4n) is 3.88. The van der Waals surface area contributed by atoms with Gasteiger partial charge in [0.1, 0.15) is 0 Å². The zero-order valence-corrected chi connectivity index (χ0v) is 16.0. The topological polar surface area (TPSA) is 93.0 Å². The van der Waals surface area contributed by atoms with Crippen LogP contribution in [0.5, 0.6) is 0 Å². The van der Waals surface area contributed by atoms with Crippen LogP contribution in [-0.4, -0.2) is 70.1 Å². The number of aliphatic hydroxyl groups is 3. The van der Waals surface area contributed by atoms with Gasteiger partial charge in [0.25, 0.3) is 0 Å². The number of aliphatic hydroxyl groups excluding tert-OH is 3. The molecule has 6 heteroatoms. The molecule has 0 aromatic heterocycles. The van der Waals surface area contributed by atoms with Crippen LogP contribution in [0.3, 0.4) is 0 Å². The van der Waals surface area contributed by atoms with Gasteiger partial charge in [-0.05, 0) is 23.1 Å². The summed E-state index contributed by atoms with van der Waals surface area (Å²) in [6.45, 7) is 1.97. The highest BCUT2D eigenvalue weighted by Gasteiger charge is 2.46. The third-order valence-electron chi connectivity index (χ3n) is 5.46. The highest BCUT2D eigenvalue weighted by molar-refractivity contribution is 5.72. The molecule has 0 aliphatic carbocycles. The van der Waals surface area contributed by atoms with E-state index in [-0.39, 0.29) is 19.1 Å². The van der Waals surface area contributed by atoms with Gasteiger partial charge in [0.15, 0.2) is 0 Å². The van der Waals surface area contributed by atoms with Crippen molar-refractivity contribution in [1.82, 2.24) is 10.2 Å². The van der Waals surface area contributed by atoms with E-state index in [1.54, 1.807) is 0 Å². The number of amides is 1. The number of carbonyl (C=O) groups is 1. The molecule has 0 saturated carbocycles. The van der Waals surface area contributed by atoms with E-state index in [9.17, 15) is 20.1 Å². The monoisotopic (exact) mass is 384 g/mol. The average molecular weight is 384 g/mol. The first-order valence-electron chi connectivity index (χ1n) is 9.63. The summed E-state index contributed by atoms with van der Waals surface area (Å²) in [5, 5.41) is 33.0. The number of likely N-dealkylation sites (tertiary alicyclic amines) is 1. The Kier molecular flexibility index (Phi) is 6.80.